The lowest BCUT2D eigenvalue weighted by molar-refractivity contribution is 0.0322. The molecule has 1 unspecified atom stereocenters. The van der Waals surface area contributed by atoms with E-state index in [0.717, 1.165) is 58.2 Å². The molecule has 1 N–H and O–H groups in total. The van der Waals surface area contributed by atoms with Crippen LogP contribution in [-0.4, -0.2) is 50.9 Å². The molecule has 1 heterocycles. The molecule has 1 atom stereocenters. The minimum absolute atomic E-state index is 0.507. The molecule has 1 aliphatic carbocycles. The normalized spacial score (nSPS) is 22.2. The number of morpholine rings is 1. The Morgan fingerprint density at radius 3 is 3.00 bits per heavy atom. The van der Waals surface area contributed by atoms with Crippen LogP contribution in [0.2, 0.25) is 0 Å². The summed E-state index contributed by atoms with van der Waals surface area (Å²) in [6.07, 6.45) is 2.31. The van der Waals surface area contributed by atoms with Gasteiger partial charge in [0.1, 0.15) is 12.4 Å². The number of nitrogens with zero attached hydrogens (tertiary/aromatic N) is 1. The van der Waals surface area contributed by atoms with Gasteiger partial charge < -0.3 is 14.8 Å². The second kappa shape index (κ2) is 7.25. The molecule has 1 saturated heterocycles. The Bertz CT molecular complexity index is 458. The van der Waals surface area contributed by atoms with E-state index >= 15 is 0 Å². The van der Waals surface area contributed by atoms with Crippen LogP contribution in [0.5, 0.6) is 5.75 Å². The van der Waals surface area contributed by atoms with Gasteiger partial charge in [-0.2, -0.15) is 0 Å². The van der Waals surface area contributed by atoms with Crippen LogP contribution < -0.4 is 10.1 Å². The minimum Gasteiger partial charge on any atom is -0.492 e. The van der Waals surface area contributed by atoms with Crippen LogP contribution in [0.1, 0.15) is 30.5 Å². The number of hydrogen-bond acceptors (Lipinski definition) is 4. The van der Waals surface area contributed by atoms with Crippen molar-refractivity contribution in [1.29, 1.82) is 0 Å². The maximum Gasteiger partial charge on any atom is 0.122 e. The van der Waals surface area contributed by atoms with Crippen molar-refractivity contribution in [3.05, 3.63) is 29.3 Å². The van der Waals surface area contributed by atoms with Crippen LogP contribution in [0.3, 0.4) is 0 Å². The van der Waals surface area contributed by atoms with Gasteiger partial charge in [-0.05, 0) is 36.6 Å². The van der Waals surface area contributed by atoms with Crippen molar-refractivity contribution in [2.24, 2.45) is 0 Å². The third-order valence-corrected chi connectivity index (χ3v) is 4.45. The summed E-state index contributed by atoms with van der Waals surface area (Å²) in [4.78, 5) is 2.41. The van der Waals surface area contributed by atoms with Crippen molar-refractivity contribution >= 4 is 0 Å². The highest BCUT2D eigenvalue weighted by Gasteiger charge is 2.24. The van der Waals surface area contributed by atoms with Gasteiger partial charge in [0.05, 0.1) is 13.2 Å². The summed E-state index contributed by atoms with van der Waals surface area (Å²) >= 11 is 0. The fourth-order valence-corrected chi connectivity index (χ4v) is 3.32. The van der Waals surface area contributed by atoms with E-state index in [1.54, 1.807) is 0 Å². The van der Waals surface area contributed by atoms with Gasteiger partial charge in [-0.1, -0.05) is 19.1 Å². The zero-order valence-corrected chi connectivity index (χ0v) is 12.9. The van der Waals surface area contributed by atoms with E-state index in [1.807, 2.05) is 0 Å². The summed E-state index contributed by atoms with van der Waals surface area (Å²) in [5.41, 5.74) is 2.84. The quantitative estimate of drug-likeness (QED) is 0.869. The smallest absolute Gasteiger partial charge is 0.122 e. The molecule has 3 rings (SSSR count). The summed E-state index contributed by atoms with van der Waals surface area (Å²) in [6, 6.07) is 6.99. The molecular formula is C17H26N2O2. The van der Waals surface area contributed by atoms with Gasteiger partial charge in [-0.15, -0.1) is 0 Å². The fourth-order valence-electron chi connectivity index (χ4n) is 3.32. The summed E-state index contributed by atoms with van der Waals surface area (Å²) in [7, 11) is 0. The summed E-state index contributed by atoms with van der Waals surface area (Å²) in [5.74, 6) is 1.08. The van der Waals surface area contributed by atoms with Gasteiger partial charge in [0, 0.05) is 25.7 Å². The van der Waals surface area contributed by atoms with Crippen molar-refractivity contribution in [2.75, 3.05) is 46.0 Å². The van der Waals surface area contributed by atoms with Gasteiger partial charge >= 0.3 is 0 Å². The first-order valence-electron chi connectivity index (χ1n) is 8.16. The number of benzene rings is 1. The molecule has 21 heavy (non-hydrogen) atoms. The Balaban J connectivity index is 1.56. The van der Waals surface area contributed by atoms with E-state index in [0.29, 0.717) is 6.04 Å². The van der Waals surface area contributed by atoms with Gasteiger partial charge in [-0.3, -0.25) is 4.90 Å². The second-order valence-electron chi connectivity index (χ2n) is 5.78. The third kappa shape index (κ3) is 3.57. The summed E-state index contributed by atoms with van der Waals surface area (Å²) < 4.78 is 11.4. The molecule has 0 bridgehead atoms. The Morgan fingerprint density at radius 1 is 1.33 bits per heavy atom. The number of rotatable bonds is 6. The van der Waals surface area contributed by atoms with Crippen LogP contribution in [0.25, 0.3) is 0 Å². The molecule has 0 saturated carbocycles. The van der Waals surface area contributed by atoms with Gasteiger partial charge in [-0.25, -0.2) is 0 Å². The largest absolute Gasteiger partial charge is 0.492 e. The highest BCUT2D eigenvalue weighted by atomic mass is 16.5. The molecular weight excluding hydrogens is 264 g/mol. The molecule has 0 aromatic heterocycles. The van der Waals surface area contributed by atoms with Crippen molar-refractivity contribution in [3.8, 4) is 5.75 Å². The van der Waals surface area contributed by atoms with E-state index in [9.17, 15) is 0 Å². The van der Waals surface area contributed by atoms with E-state index in [-0.39, 0.29) is 0 Å². The zero-order chi connectivity index (χ0) is 14.5. The molecule has 1 aliphatic heterocycles. The summed E-state index contributed by atoms with van der Waals surface area (Å²) in [6.45, 7) is 8.70. The van der Waals surface area contributed by atoms with Crippen molar-refractivity contribution < 1.29 is 9.47 Å². The SMILES string of the molecule is CCNC1CCc2c(OCCN3CCOCC3)cccc21. The molecule has 4 nitrogen and oxygen atoms in total. The zero-order valence-electron chi connectivity index (χ0n) is 12.9. The van der Waals surface area contributed by atoms with E-state index < -0.39 is 0 Å². The molecule has 2 aliphatic rings. The lowest BCUT2D eigenvalue weighted by atomic mass is 10.1. The molecule has 1 aromatic rings. The number of hydrogen-bond donors (Lipinski definition) is 1. The van der Waals surface area contributed by atoms with Crippen LogP contribution in [-0.2, 0) is 11.2 Å². The Hall–Kier alpha value is -1.10. The topological polar surface area (TPSA) is 33.7 Å². The monoisotopic (exact) mass is 290 g/mol. The van der Waals surface area contributed by atoms with Gasteiger partial charge in [0.25, 0.3) is 0 Å². The molecule has 0 radical (unpaired) electrons. The number of ether oxygens (including phenoxy) is 2. The number of nitrogens with one attached hydrogen (secondary N) is 1. The van der Waals surface area contributed by atoms with E-state index in [1.165, 1.54) is 17.5 Å². The number of fused-ring (bicyclic) bond motifs is 1. The second-order valence-corrected chi connectivity index (χ2v) is 5.78. The highest BCUT2D eigenvalue weighted by Crippen LogP contribution is 2.36. The first-order chi connectivity index (χ1) is 10.4. The molecule has 0 amide bonds. The van der Waals surface area contributed by atoms with Crippen LogP contribution in [0.15, 0.2) is 18.2 Å². The minimum atomic E-state index is 0.507. The third-order valence-electron chi connectivity index (χ3n) is 4.45. The van der Waals surface area contributed by atoms with Gasteiger partial charge in [0.2, 0.25) is 0 Å². The van der Waals surface area contributed by atoms with Gasteiger partial charge in [0.15, 0.2) is 0 Å². The average Bonchev–Trinajstić information content (AvgIpc) is 2.93. The predicted molar refractivity (Wildman–Crippen MR) is 83.9 cm³/mol. The first-order valence-corrected chi connectivity index (χ1v) is 8.16. The average molecular weight is 290 g/mol. The highest BCUT2D eigenvalue weighted by molar-refractivity contribution is 5.45. The Kier molecular flexibility index (Phi) is 5.12. The molecule has 1 fully saturated rings. The summed E-state index contributed by atoms with van der Waals surface area (Å²) in [5, 5.41) is 3.56. The maximum atomic E-state index is 6.07. The van der Waals surface area contributed by atoms with Crippen molar-refractivity contribution in [2.45, 2.75) is 25.8 Å². The lowest BCUT2D eigenvalue weighted by Crippen LogP contribution is -2.38. The fraction of sp³-hybridized carbons (Fsp3) is 0.647. The molecule has 1 aromatic carbocycles. The van der Waals surface area contributed by atoms with Crippen molar-refractivity contribution in [3.63, 3.8) is 0 Å². The molecule has 0 spiro atoms. The predicted octanol–water partition coefficient (Wildman–Crippen LogP) is 1.99. The van der Waals surface area contributed by atoms with E-state index in [4.69, 9.17) is 9.47 Å². The van der Waals surface area contributed by atoms with Crippen LogP contribution in [0, 0.1) is 0 Å². The van der Waals surface area contributed by atoms with Crippen LogP contribution in [0.4, 0.5) is 0 Å². The lowest BCUT2D eigenvalue weighted by Gasteiger charge is -2.26. The first kappa shape index (κ1) is 14.8. The maximum absolute atomic E-state index is 6.07. The molecule has 116 valence electrons. The van der Waals surface area contributed by atoms with E-state index in [2.05, 4.69) is 35.3 Å². The standard InChI is InChI=1S/C17H26N2O2/c1-2-18-16-7-6-15-14(16)4-3-5-17(15)21-13-10-19-8-11-20-12-9-19/h3-5,16,18H,2,6-13H2,1H3. The van der Waals surface area contributed by atoms with Crippen LogP contribution >= 0.6 is 0 Å². The van der Waals surface area contributed by atoms with Crippen molar-refractivity contribution in [1.82, 2.24) is 10.2 Å². The Morgan fingerprint density at radius 2 is 2.19 bits per heavy atom. The Labute approximate surface area is 127 Å². The molecule has 4 heteroatoms.